The molecule has 0 aliphatic rings. The van der Waals surface area contributed by atoms with E-state index in [9.17, 15) is 4.79 Å². The molecule has 0 unspecified atom stereocenters. The fourth-order valence-corrected chi connectivity index (χ4v) is 3.80. The van der Waals surface area contributed by atoms with Crippen LogP contribution >= 0.6 is 11.3 Å². The highest BCUT2D eigenvalue weighted by Gasteiger charge is 2.20. The Morgan fingerprint density at radius 3 is 2.52 bits per heavy atom. The van der Waals surface area contributed by atoms with Gasteiger partial charge in [-0.3, -0.25) is 9.48 Å². The Bertz CT molecular complexity index is 851. The minimum atomic E-state index is 0.0325. The van der Waals surface area contributed by atoms with E-state index >= 15 is 0 Å². The van der Waals surface area contributed by atoms with E-state index in [1.54, 1.807) is 16.0 Å². The van der Waals surface area contributed by atoms with Crippen LogP contribution in [0.25, 0.3) is 0 Å². The fourth-order valence-electron chi connectivity index (χ4n) is 2.89. The summed E-state index contributed by atoms with van der Waals surface area (Å²) in [6.07, 6.45) is 0.841. The van der Waals surface area contributed by atoms with Gasteiger partial charge in [-0.15, -0.1) is 11.3 Å². The minimum Gasteiger partial charge on any atom is -0.332 e. The average Bonchev–Trinajstić information content (AvgIpc) is 3.16. The summed E-state index contributed by atoms with van der Waals surface area (Å²) >= 11 is 1.74. The maximum atomic E-state index is 13.1. The van der Waals surface area contributed by atoms with Crippen LogP contribution in [0.15, 0.2) is 48.5 Å². The van der Waals surface area contributed by atoms with E-state index in [1.165, 1.54) is 15.3 Å². The number of carbonyl (C=O) groups is 1. The van der Waals surface area contributed by atoms with Gasteiger partial charge in [0.25, 0.3) is 5.91 Å². The second-order valence-electron chi connectivity index (χ2n) is 6.27. The number of aromatic nitrogens is 2. The lowest BCUT2D eigenvalue weighted by Gasteiger charge is -2.22. The van der Waals surface area contributed by atoms with Crippen LogP contribution in [-0.2, 0) is 20.0 Å². The van der Waals surface area contributed by atoms with Crippen molar-refractivity contribution in [3.05, 3.63) is 75.2 Å². The Morgan fingerprint density at radius 2 is 1.92 bits per heavy atom. The standard InChI is InChI=1S/C20H23N3OS/c1-15-13-19(22(3)21-15)20(24)23(14-18-10-9-16(2)25-18)12-11-17-7-5-4-6-8-17/h4-10,13H,11-12,14H2,1-3H3. The molecule has 0 aliphatic carbocycles. The van der Waals surface area contributed by atoms with E-state index in [1.807, 2.05) is 43.1 Å². The van der Waals surface area contributed by atoms with Crippen molar-refractivity contribution in [3.8, 4) is 0 Å². The SMILES string of the molecule is Cc1cc(C(=O)N(CCc2ccccc2)Cc2ccc(C)s2)n(C)n1. The summed E-state index contributed by atoms with van der Waals surface area (Å²) in [6, 6.07) is 16.4. The molecule has 0 N–H and O–H groups in total. The molecule has 0 saturated heterocycles. The Morgan fingerprint density at radius 1 is 1.16 bits per heavy atom. The molecule has 2 aromatic heterocycles. The zero-order valence-electron chi connectivity index (χ0n) is 14.9. The summed E-state index contributed by atoms with van der Waals surface area (Å²) in [7, 11) is 1.82. The van der Waals surface area contributed by atoms with Gasteiger partial charge in [0.2, 0.25) is 0 Å². The first-order valence-corrected chi connectivity index (χ1v) is 9.24. The highest BCUT2D eigenvalue weighted by atomic mass is 32.1. The zero-order chi connectivity index (χ0) is 17.8. The van der Waals surface area contributed by atoms with Gasteiger partial charge >= 0.3 is 0 Å². The normalized spacial score (nSPS) is 10.8. The van der Waals surface area contributed by atoms with Crippen molar-refractivity contribution in [1.29, 1.82) is 0 Å². The van der Waals surface area contributed by atoms with Crippen molar-refractivity contribution in [2.45, 2.75) is 26.8 Å². The summed E-state index contributed by atoms with van der Waals surface area (Å²) in [5.74, 6) is 0.0325. The number of hydrogen-bond acceptors (Lipinski definition) is 3. The van der Waals surface area contributed by atoms with Crippen molar-refractivity contribution in [2.24, 2.45) is 7.05 Å². The highest BCUT2D eigenvalue weighted by Crippen LogP contribution is 2.19. The van der Waals surface area contributed by atoms with Gasteiger partial charge in [-0.05, 0) is 44.0 Å². The van der Waals surface area contributed by atoms with Gasteiger partial charge < -0.3 is 4.90 Å². The van der Waals surface area contributed by atoms with Crippen molar-refractivity contribution in [3.63, 3.8) is 0 Å². The van der Waals surface area contributed by atoms with E-state index < -0.39 is 0 Å². The second-order valence-corrected chi connectivity index (χ2v) is 7.64. The number of hydrogen-bond donors (Lipinski definition) is 0. The maximum absolute atomic E-state index is 13.1. The first-order valence-electron chi connectivity index (χ1n) is 8.42. The molecule has 3 rings (SSSR count). The smallest absolute Gasteiger partial charge is 0.272 e. The number of nitrogens with zero attached hydrogens (tertiary/aromatic N) is 3. The van der Waals surface area contributed by atoms with Crippen molar-refractivity contribution in [2.75, 3.05) is 6.54 Å². The van der Waals surface area contributed by atoms with Crippen molar-refractivity contribution < 1.29 is 4.79 Å². The maximum Gasteiger partial charge on any atom is 0.272 e. The van der Waals surface area contributed by atoms with Gasteiger partial charge in [-0.25, -0.2) is 0 Å². The van der Waals surface area contributed by atoms with Gasteiger partial charge in [-0.2, -0.15) is 5.10 Å². The minimum absolute atomic E-state index is 0.0325. The van der Waals surface area contributed by atoms with Crippen LogP contribution in [0.3, 0.4) is 0 Å². The van der Waals surface area contributed by atoms with Gasteiger partial charge in [0, 0.05) is 23.3 Å². The molecule has 1 amide bonds. The highest BCUT2D eigenvalue weighted by molar-refractivity contribution is 7.11. The van der Waals surface area contributed by atoms with Gasteiger partial charge in [0.15, 0.2) is 0 Å². The molecule has 0 saturated carbocycles. The Kier molecular flexibility index (Phi) is 5.34. The van der Waals surface area contributed by atoms with Crippen LogP contribution in [0.1, 0.15) is 31.5 Å². The zero-order valence-corrected chi connectivity index (χ0v) is 15.7. The molecule has 0 aliphatic heterocycles. The number of aryl methyl sites for hydroxylation is 3. The van der Waals surface area contributed by atoms with Crippen LogP contribution in [-0.4, -0.2) is 27.1 Å². The number of amides is 1. The molecule has 5 heteroatoms. The second kappa shape index (κ2) is 7.66. The first-order chi connectivity index (χ1) is 12.0. The number of benzene rings is 1. The largest absolute Gasteiger partial charge is 0.332 e. The number of thiophene rings is 1. The van der Waals surface area contributed by atoms with Crippen molar-refractivity contribution >= 4 is 17.2 Å². The molecular weight excluding hydrogens is 330 g/mol. The lowest BCUT2D eigenvalue weighted by Crippen LogP contribution is -2.33. The third-order valence-corrected chi connectivity index (χ3v) is 5.15. The molecule has 1 aromatic carbocycles. The summed E-state index contributed by atoms with van der Waals surface area (Å²) in [5.41, 5.74) is 2.74. The Hall–Kier alpha value is -2.40. The number of rotatable bonds is 6. The number of carbonyl (C=O) groups excluding carboxylic acids is 1. The quantitative estimate of drug-likeness (QED) is 0.672. The summed E-state index contributed by atoms with van der Waals surface area (Å²) in [5, 5.41) is 4.32. The summed E-state index contributed by atoms with van der Waals surface area (Å²) < 4.78 is 1.67. The molecule has 0 spiro atoms. The monoisotopic (exact) mass is 353 g/mol. The summed E-state index contributed by atoms with van der Waals surface area (Å²) in [6.45, 7) is 5.32. The Balaban J connectivity index is 1.80. The van der Waals surface area contributed by atoms with Crippen LogP contribution in [0.2, 0.25) is 0 Å². The van der Waals surface area contributed by atoms with Gasteiger partial charge in [-0.1, -0.05) is 30.3 Å². The molecule has 130 valence electrons. The predicted molar refractivity (Wildman–Crippen MR) is 102 cm³/mol. The molecule has 25 heavy (non-hydrogen) atoms. The van der Waals surface area contributed by atoms with Crippen LogP contribution in [0.4, 0.5) is 0 Å². The average molecular weight is 353 g/mol. The first kappa shape index (κ1) is 17.4. The van der Waals surface area contributed by atoms with E-state index in [2.05, 4.69) is 36.3 Å². The molecule has 0 fully saturated rings. The van der Waals surface area contributed by atoms with Crippen LogP contribution in [0.5, 0.6) is 0 Å². The Labute approximate surface area is 152 Å². The van der Waals surface area contributed by atoms with E-state index in [-0.39, 0.29) is 5.91 Å². The summed E-state index contributed by atoms with van der Waals surface area (Å²) in [4.78, 5) is 17.5. The molecule has 3 aromatic rings. The van der Waals surface area contributed by atoms with Crippen LogP contribution in [0, 0.1) is 13.8 Å². The molecular formula is C20H23N3OS. The predicted octanol–water partition coefficient (Wildman–Crippen LogP) is 3.98. The third kappa shape index (κ3) is 4.37. The molecule has 2 heterocycles. The van der Waals surface area contributed by atoms with E-state index in [4.69, 9.17) is 0 Å². The van der Waals surface area contributed by atoms with Gasteiger partial charge in [0.05, 0.1) is 12.2 Å². The fraction of sp³-hybridized carbons (Fsp3) is 0.300. The lowest BCUT2D eigenvalue weighted by atomic mass is 10.1. The molecule has 0 atom stereocenters. The lowest BCUT2D eigenvalue weighted by molar-refractivity contribution is 0.0735. The van der Waals surface area contributed by atoms with Crippen LogP contribution < -0.4 is 0 Å². The van der Waals surface area contributed by atoms with E-state index in [0.717, 1.165) is 12.1 Å². The topological polar surface area (TPSA) is 38.1 Å². The molecule has 4 nitrogen and oxygen atoms in total. The third-order valence-electron chi connectivity index (χ3n) is 4.16. The van der Waals surface area contributed by atoms with Crippen molar-refractivity contribution in [1.82, 2.24) is 14.7 Å². The van der Waals surface area contributed by atoms with Gasteiger partial charge in [0.1, 0.15) is 5.69 Å². The molecule has 0 bridgehead atoms. The van der Waals surface area contributed by atoms with E-state index in [0.29, 0.717) is 18.8 Å². The molecule has 0 radical (unpaired) electrons.